The smallest absolute Gasteiger partial charge is 0.276 e. The van der Waals surface area contributed by atoms with Crippen LogP contribution in [0.4, 0.5) is 4.39 Å². The minimum absolute atomic E-state index is 0.234. The fourth-order valence-corrected chi connectivity index (χ4v) is 2.15. The van der Waals surface area contributed by atoms with E-state index in [4.69, 9.17) is 10.2 Å². The van der Waals surface area contributed by atoms with Crippen LogP contribution in [0.3, 0.4) is 0 Å². The van der Waals surface area contributed by atoms with Gasteiger partial charge < -0.3 is 10.2 Å². The van der Waals surface area contributed by atoms with Crippen LogP contribution in [0.25, 0.3) is 0 Å². The molecule has 2 rings (SSSR count). The summed E-state index contributed by atoms with van der Waals surface area (Å²) < 4.78 is 18.4. The summed E-state index contributed by atoms with van der Waals surface area (Å²) in [6.45, 7) is 0.605. The van der Waals surface area contributed by atoms with E-state index < -0.39 is 0 Å². The number of benzene rings is 1. The minimum Gasteiger partial charge on any atom is -0.416 e. The van der Waals surface area contributed by atoms with Gasteiger partial charge in [0.1, 0.15) is 5.82 Å². The van der Waals surface area contributed by atoms with E-state index in [9.17, 15) is 4.39 Å². The average molecular weight is 267 g/mol. The zero-order chi connectivity index (χ0) is 12.8. The Labute approximate surface area is 109 Å². The van der Waals surface area contributed by atoms with Crippen molar-refractivity contribution in [3.05, 3.63) is 41.5 Å². The topological polar surface area (TPSA) is 64.9 Å². The van der Waals surface area contributed by atoms with Gasteiger partial charge in [0.2, 0.25) is 5.89 Å². The first-order chi connectivity index (χ1) is 8.78. The zero-order valence-corrected chi connectivity index (χ0v) is 10.6. The van der Waals surface area contributed by atoms with Gasteiger partial charge in [-0.2, -0.15) is 0 Å². The van der Waals surface area contributed by atoms with Crippen molar-refractivity contribution in [1.29, 1.82) is 0 Å². The van der Waals surface area contributed by atoms with Gasteiger partial charge in [0.25, 0.3) is 5.22 Å². The number of hydrogen-bond donors (Lipinski definition) is 1. The van der Waals surface area contributed by atoms with Crippen molar-refractivity contribution in [2.24, 2.45) is 5.73 Å². The van der Waals surface area contributed by atoms with Gasteiger partial charge in [0.05, 0.1) is 0 Å². The number of nitrogens with two attached hydrogens (primary N) is 1. The highest BCUT2D eigenvalue weighted by molar-refractivity contribution is 7.98. The molecule has 18 heavy (non-hydrogen) atoms. The van der Waals surface area contributed by atoms with Crippen LogP contribution in [0, 0.1) is 5.82 Å². The molecule has 0 aliphatic heterocycles. The summed E-state index contributed by atoms with van der Waals surface area (Å²) in [5.74, 6) is 0.973. The molecule has 0 atom stereocenters. The van der Waals surface area contributed by atoms with Crippen molar-refractivity contribution >= 4 is 11.8 Å². The van der Waals surface area contributed by atoms with Crippen LogP contribution >= 0.6 is 11.8 Å². The second-order valence-corrected chi connectivity index (χ2v) is 4.70. The third-order valence-electron chi connectivity index (χ3n) is 2.29. The van der Waals surface area contributed by atoms with Crippen LogP contribution < -0.4 is 5.73 Å². The van der Waals surface area contributed by atoms with Gasteiger partial charge >= 0.3 is 0 Å². The lowest BCUT2D eigenvalue weighted by molar-refractivity contribution is 0.410. The Balaban J connectivity index is 1.88. The van der Waals surface area contributed by atoms with Crippen LogP contribution in [0.15, 0.2) is 33.9 Å². The van der Waals surface area contributed by atoms with E-state index in [-0.39, 0.29) is 5.82 Å². The highest BCUT2D eigenvalue weighted by atomic mass is 32.2. The summed E-state index contributed by atoms with van der Waals surface area (Å²) in [4.78, 5) is 0. The molecule has 1 aromatic carbocycles. The van der Waals surface area contributed by atoms with Gasteiger partial charge in [-0.25, -0.2) is 4.39 Å². The van der Waals surface area contributed by atoms with Gasteiger partial charge in [0, 0.05) is 12.2 Å². The number of thioether (sulfide) groups is 1. The fraction of sp³-hybridized carbons (Fsp3) is 0.333. The average Bonchev–Trinajstić information content (AvgIpc) is 2.82. The van der Waals surface area contributed by atoms with E-state index in [1.807, 2.05) is 6.07 Å². The third kappa shape index (κ3) is 3.82. The Morgan fingerprint density at radius 2 is 2.22 bits per heavy atom. The second-order valence-electron chi connectivity index (χ2n) is 3.77. The lowest BCUT2D eigenvalue weighted by Gasteiger charge is -1.97. The van der Waals surface area contributed by atoms with Gasteiger partial charge in [-0.1, -0.05) is 23.9 Å². The number of aromatic nitrogens is 2. The molecule has 1 heterocycles. The Kier molecular flexibility index (Phi) is 4.72. The van der Waals surface area contributed by atoms with Crippen LogP contribution in [0.2, 0.25) is 0 Å². The highest BCUT2D eigenvalue weighted by Crippen LogP contribution is 2.21. The lowest BCUT2D eigenvalue weighted by Crippen LogP contribution is -2.00. The normalized spacial score (nSPS) is 10.8. The molecule has 0 saturated heterocycles. The molecule has 0 aliphatic rings. The van der Waals surface area contributed by atoms with E-state index in [0.717, 1.165) is 12.0 Å². The number of aryl methyl sites for hydroxylation is 1. The fourth-order valence-electron chi connectivity index (χ4n) is 1.42. The van der Waals surface area contributed by atoms with Crippen LogP contribution in [-0.4, -0.2) is 16.7 Å². The standard InChI is InChI=1S/C12H14FN3OS/c13-10-4-1-3-9(7-10)8-18-12-16-15-11(17-12)5-2-6-14/h1,3-4,7H,2,5-6,8,14H2. The van der Waals surface area contributed by atoms with E-state index in [1.54, 1.807) is 6.07 Å². The second kappa shape index (κ2) is 6.51. The molecule has 0 bridgehead atoms. The van der Waals surface area contributed by atoms with Gasteiger partial charge in [-0.05, 0) is 30.7 Å². The van der Waals surface area contributed by atoms with Gasteiger partial charge in [0.15, 0.2) is 0 Å². The Hall–Kier alpha value is -1.40. The van der Waals surface area contributed by atoms with Crippen molar-refractivity contribution < 1.29 is 8.81 Å². The maximum atomic E-state index is 13.0. The lowest BCUT2D eigenvalue weighted by atomic mass is 10.2. The summed E-state index contributed by atoms with van der Waals surface area (Å²) in [6.07, 6.45) is 1.53. The van der Waals surface area contributed by atoms with E-state index in [0.29, 0.717) is 29.8 Å². The summed E-state index contributed by atoms with van der Waals surface area (Å²) in [7, 11) is 0. The molecule has 0 aliphatic carbocycles. The van der Waals surface area contributed by atoms with Crippen LogP contribution in [0.5, 0.6) is 0 Å². The SMILES string of the molecule is NCCCc1nnc(SCc2cccc(F)c2)o1. The predicted molar refractivity (Wildman–Crippen MR) is 67.6 cm³/mol. The molecule has 0 fully saturated rings. The molecule has 4 nitrogen and oxygen atoms in total. The van der Waals surface area contributed by atoms with Gasteiger partial charge in [-0.3, -0.25) is 0 Å². The quantitative estimate of drug-likeness (QED) is 0.814. The first-order valence-electron chi connectivity index (χ1n) is 5.67. The summed E-state index contributed by atoms with van der Waals surface area (Å²) in [5.41, 5.74) is 6.29. The molecular weight excluding hydrogens is 253 g/mol. The molecule has 1 aromatic heterocycles. The third-order valence-corrected chi connectivity index (χ3v) is 3.18. The van der Waals surface area contributed by atoms with Crippen molar-refractivity contribution in [2.45, 2.75) is 23.8 Å². The Bertz CT molecular complexity index is 504. The molecule has 0 unspecified atom stereocenters. The zero-order valence-electron chi connectivity index (χ0n) is 9.80. The molecule has 0 saturated carbocycles. The van der Waals surface area contributed by atoms with Crippen LogP contribution in [-0.2, 0) is 12.2 Å². The highest BCUT2D eigenvalue weighted by Gasteiger charge is 2.06. The molecule has 2 aromatic rings. The molecule has 0 amide bonds. The van der Waals surface area contributed by atoms with Crippen LogP contribution in [0.1, 0.15) is 17.9 Å². The monoisotopic (exact) mass is 267 g/mol. The Morgan fingerprint density at radius 1 is 1.33 bits per heavy atom. The first-order valence-corrected chi connectivity index (χ1v) is 6.66. The number of halogens is 1. The van der Waals surface area contributed by atoms with Gasteiger partial charge in [-0.15, -0.1) is 10.2 Å². The number of hydrogen-bond acceptors (Lipinski definition) is 5. The summed E-state index contributed by atoms with van der Waals surface area (Å²) in [6, 6.07) is 6.47. The van der Waals surface area contributed by atoms with Crippen molar-refractivity contribution in [3.8, 4) is 0 Å². The molecule has 6 heteroatoms. The first kappa shape index (κ1) is 13.0. The maximum Gasteiger partial charge on any atom is 0.276 e. The number of nitrogens with zero attached hydrogens (tertiary/aromatic N) is 2. The number of rotatable bonds is 6. The summed E-state index contributed by atoms with van der Waals surface area (Å²) in [5, 5.41) is 8.34. The molecule has 0 spiro atoms. The Morgan fingerprint density at radius 3 is 3.00 bits per heavy atom. The predicted octanol–water partition coefficient (Wildman–Crippen LogP) is 2.39. The molecule has 2 N–H and O–H groups in total. The van der Waals surface area contributed by atoms with Crippen molar-refractivity contribution in [2.75, 3.05) is 6.54 Å². The molecule has 0 radical (unpaired) electrons. The molecular formula is C12H14FN3OS. The van der Waals surface area contributed by atoms with E-state index >= 15 is 0 Å². The maximum absolute atomic E-state index is 13.0. The van der Waals surface area contributed by atoms with Crippen molar-refractivity contribution in [1.82, 2.24) is 10.2 Å². The van der Waals surface area contributed by atoms with E-state index in [2.05, 4.69) is 10.2 Å². The minimum atomic E-state index is -0.234. The largest absolute Gasteiger partial charge is 0.416 e. The van der Waals surface area contributed by atoms with Crippen molar-refractivity contribution in [3.63, 3.8) is 0 Å². The molecule has 96 valence electrons. The van der Waals surface area contributed by atoms with E-state index in [1.165, 1.54) is 23.9 Å². The summed E-state index contributed by atoms with van der Waals surface area (Å²) >= 11 is 1.40.